The standard InChI is InChI=1S/C13H20N2O3/c1-9(10-4-11(16)6-12(17)5-10)15-2-3-18-13(7-14)8-15/h4-6,9,13,16-17H,2-3,7-8,14H2,1H3. The predicted octanol–water partition coefficient (Wildman–Crippen LogP) is 0.818. The highest BCUT2D eigenvalue weighted by molar-refractivity contribution is 5.38. The van der Waals surface area contributed by atoms with Crippen molar-refractivity contribution in [1.29, 1.82) is 0 Å². The van der Waals surface area contributed by atoms with Crippen LogP contribution in [0.15, 0.2) is 18.2 Å². The van der Waals surface area contributed by atoms with Crippen molar-refractivity contribution in [2.24, 2.45) is 5.73 Å². The second kappa shape index (κ2) is 5.56. The van der Waals surface area contributed by atoms with Crippen molar-refractivity contribution in [2.45, 2.75) is 19.1 Å². The van der Waals surface area contributed by atoms with Crippen LogP contribution in [0, 0.1) is 0 Å². The molecule has 1 saturated heterocycles. The molecule has 5 heteroatoms. The molecule has 0 amide bonds. The molecule has 1 aliphatic rings. The van der Waals surface area contributed by atoms with E-state index in [4.69, 9.17) is 10.5 Å². The average molecular weight is 252 g/mol. The maximum Gasteiger partial charge on any atom is 0.119 e. The van der Waals surface area contributed by atoms with Gasteiger partial charge >= 0.3 is 0 Å². The van der Waals surface area contributed by atoms with Crippen LogP contribution in [-0.2, 0) is 4.74 Å². The van der Waals surface area contributed by atoms with Gasteiger partial charge in [0.2, 0.25) is 0 Å². The van der Waals surface area contributed by atoms with Gasteiger partial charge in [0.05, 0.1) is 12.7 Å². The molecule has 4 N–H and O–H groups in total. The molecule has 100 valence electrons. The maximum atomic E-state index is 9.52. The fraction of sp³-hybridized carbons (Fsp3) is 0.538. The fourth-order valence-electron chi connectivity index (χ4n) is 2.31. The first-order chi connectivity index (χ1) is 8.60. The van der Waals surface area contributed by atoms with Gasteiger partial charge < -0.3 is 20.7 Å². The van der Waals surface area contributed by atoms with E-state index in [1.165, 1.54) is 6.07 Å². The summed E-state index contributed by atoms with van der Waals surface area (Å²) in [7, 11) is 0. The number of benzene rings is 1. The van der Waals surface area contributed by atoms with Gasteiger partial charge in [-0.05, 0) is 24.6 Å². The molecule has 0 saturated carbocycles. The molecule has 1 aromatic rings. The number of nitrogens with two attached hydrogens (primary N) is 1. The van der Waals surface area contributed by atoms with Crippen LogP contribution in [-0.4, -0.2) is 47.5 Å². The third-order valence-corrected chi connectivity index (χ3v) is 3.39. The monoisotopic (exact) mass is 252 g/mol. The van der Waals surface area contributed by atoms with Gasteiger partial charge in [0.1, 0.15) is 11.5 Å². The summed E-state index contributed by atoms with van der Waals surface area (Å²) in [5, 5.41) is 19.0. The molecule has 1 fully saturated rings. The molecular weight excluding hydrogens is 232 g/mol. The quantitative estimate of drug-likeness (QED) is 0.742. The smallest absolute Gasteiger partial charge is 0.119 e. The number of hydrogen-bond acceptors (Lipinski definition) is 5. The molecule has 0 radical (unpaired) electrons. The van der Waals surface area contributed by atoms with Crippen molar-refractivity contribution in [3.05, 3.63) is 23.8 Å². The summed E-state index contributed by atoms with van der Waals surface area (Å²) in [4.78, 5) is 2.25. The minimum atomic E-state index is 0.0621. The molecule has 18 heavy (non-hydrogen) atoms. The normalized spacial score (nSPS) is 22.9. The van der Waals surface area contributed by atoms with Crippen LogP contribution in [0.2, 0.25) is 0 Å². The Morgan fingerprint density at radius 3 is 2.67 bits per heavy atom. The topological polar surface area (TPSA) is 79.0 Å². The van der Waals surface area contributed by atoms with E-state index in [1.807, 2.05) is 6.92 Å². The number of hydrogen-bond donors (Lipinski definition) is 3. The van der Waals surface area contributed by atoms with E-state index in [9.17, 15) is 10.2 Å². The molecule has 0 spiro atoms. The average Bonchev–Trinajstić information content (AvgIpc) is 2.37. The molecule has 5 nitrogen and oxygen atoms in total. The van der Waals surface area contributed by atoms with E-state index in [2.05, 4.69) is 4.90 Å². The number of nitrogens with zero attached hydrogens (tertiary/aromatic N) is 1. The van der Waals surface area contributed by atoms with E-state index in [0.29, 0.717) is 13.2 Å². The summed E-state index contributed by atoms with van der Waals surface area (Å²) in [6.07, 6.45) is 0.0621. The molecular formula is C13H20N2O3. The van der Waals surface area contributed by atoms with E-state index in [1.54, 1.807) is 12.1 Å². The molecule has 1 aliphatic heterocycles. The van der Waals surface area contributed by atoms with Gasteiger partial charge in [0, 0.05) is 31.7 Å². The highest BCUT2D eigenvalue weighted by Gasteiger charge is 2.24. The zero-order valence-electron chi connectivity index (χ0n) is 10.5. The lowest BCUT2D eigenvalue weighted by atomic mass is 10.0. The summed E-state index contributed by atoms with van der Waals surface area (Å²) >= 11 is 0. The molecule has 2 rings (SSSR count). The first-order valence-electron chi connectivity index (χ1n) is 6.19. The SMILES string of the molecule is CC(c1cc(O)cc(O)c1)N1CCOC(CN)C1. The van der Waals surface area contributed by atoms with Gasteiger partial charge in [-0.2, -0.15) is 0 Å². The number of rotatable bonds is 3. The van der Waals surface area contributed by atoms with Crippen molar-refractivity contribution in [3.8, 4) is 11.5 Å². The highest BCUT2D eigenvalue weighted by atomic mass is 16.5. The Bertz CT molecular complexity index is 391. The van der Waals surface area contributed by atoms with Crippen LogP contribution in [0.1, 0.15) is 18.5 Å². The largest absolute Gasteiger partial charge is 0.508 e. The zero-order valence-corrected chi connectivity index (χ0v) is 10.5. The molecule has 0 aliphatic carbocycles. The van der Waals surface area contributed by atoms with Crippen molar-refractivity contribution in [3.63, 3.8) is 0 Å². The second-order valence-electron chi connectivity index (χ2n) is 4.68. The van der Waals surface area contributed by atoms with Crippen LogP contribution in [0.25, 0.3) is 0 Å². The van der Waals surface area contributed by atoms with Crippen LogP contribution in [0.5, 0.6) is 11.5 Å². The van der Waals surface area contributed by atoms with Gasteiger partial charge in [-0.25, -0.2) is 0 Å². The lowest BCUT2D eigenvalue weighted by Crippen LogP contribution is -2.46. The number of phenolic OH excluding ortho intramolecular Hbond substituents is 2. The summed E-state index contributed by atoms with van der Waals surface area (Å²) in [6.45, 7) is 4.82. The third-order valence-electron chi connectivity index (χ3n) is 3.39. The fourth-order valence-corrected chi connectivity index (χ4v) is 2.31. The number of morpholine rings is 1. The molecule has 2 atom stereocenters. The van der Waals surface area contributed by atoms with Gasteiger partial charge in [-0.1, -0.05) is 0 Å². The highest BCUT2D eigenvalue weighted by Crippen LogP contribution is 2.28. The Hall–Kier alpha value is -1.30. The number of aromatic hydroxyl groups is 2. The van der Waals surface area contributed by atoms with Crippen LogP contribution >= 0.6 is 0 Å². The van der Waals surface area contributed by atoms with E-state index < -0.39 is 0 Å². The molecule has 1 aromatic carbocycles. The van der Waals surface area contributed by atoms with E-state index >= 15 is 0 Å². The molecule has 2 unspecified atom stereocenters. The summed E-state index contributed by atoms with van der Waals surface area (Å²) < 4.78 is 5.53. The van der Waals surface area contributed by atoms with Gasteiger partial charge in [0.25, 0.3) is 0 Å². The third kappa shape index (κ3) is 2.93. The Kier molecular flexibility index (Phi) is 4.06. The lowest BCUT2D eigenvalue weighted by molar-refractivity contribution is -0.0364. The van der Waals surface area contributed by atoms with Gasteiger partial charge in [-0.15, -0.1) is 0 Å². The van der Waals surface area contributed by atoms with Crippen molar-refractivity contribution >= 4 is 0 Å². The summed E-state index contributed by atoms with van der Waals surface area (Å²) in [5.74, 6) is 0.168. The van der Waals surface area contributed by atoms with Crippen molar-refractivity contribution in [1.82, 2.24) is 4.90 Å². The number of phenols is 2. The first-order valence-corrected chi connectivity index (χ1v) is 6.19. The Labute approximate surface area is 107 Å². The maximum absolute atomic E-state index is 9.52. The Morgan fingerprint density at radius 2 is 2.06 bits per heavy atom. The summed E-state index contributed by atoms with van der Waals surface area (Å²) in [6, 6.07) is 4.80. The molecule has 0 bridgehead atoms. The minimum Gasteiger partial charge on any atom is -0.508 e. The zero-order chi connectivity index (χ0) is 13.1. The van der Waals surface area contributed by atoms with E-state index in [-0.39, 0.29) is 23.6 Å². The first kappa shape index (κ1) is 13.1. The number of ether oxygens (including phenoxy) is 1. The van der Waals surface area contributed by atoms with Gasteiger partial charge in [-0.3, -0.25) is 4.90 Å². The molecule has 0 aromatic heterocycles. The summed E-state index contributed by atoms with van der Waals surface area (Å²) in [5.41, 5.74) is 6.51. The predicted molar refractivity (Wildman–Crippen MR) is 68.6 cm³/mol. The Morgan fingerprint density at radius 1 is 1.39 bits per heavy atom. The van der Waals surface area contributed by atoms with Crippen LogP contribution < -0.4 is 5.73 Å². The van der Waals surface area contributed by atoms with Gasteiger partial charge in [0.15, 0.2) is 0 Å². The van der Waals surface area contributed by atoms with E-state index in [0.717, 1.165) is 18.7 Å². The second-order valence-corrected chi connectivity index (χ2v) is 4.68. The lowest BCUT2D eigenvalue weighted by Gasteiger charge is -2.36. The van der Waals surface area contributed by atoms with Crippen molar-refractivity contribution < 1.29 is 14.9 Å². The Balaban J connectivity index is 2.12. The van der Waals surface area contributed by atoms with Crippen LogP contribution in [0.4, 0.5) is 0 Å². The van der Waals surface area contributed by atoms with Crippen LogP contribution in [0.3, 0.4) is 0 Å². The molecule has 1 heterocycles. The van der Waals surface area contributed by atoms with Crippen molar-refractivity contribution in [2.75, 3.05) is 26.2 Å². The minimum absolute atomic E-state index is 0.0621.